The van der Waals surface area contributed by atoms with Gasteiger partial charge in [-0.25, -0.2) is 0 Å². The lowest BCUT2D eigenvalue weighted by Crippen LogP contribution is -2.50. The van der Waals surface area contributed by atoms with Gasteiger partial charge in [0, 0.05) is 19.1 Å². The van der Waals surface area contributed by atoms with Crippen LogP contribution in [0.15, 0.2) is 0 Å². The van der Waals surface area contributed by atoms with E-state index in [1.165, 1.54) is 51.7 Å². The summed E-state index contributed by atoms with van der Waals surface area (Å²) in [4.78, 5) is 2.76. The molecule has 0 bridgehead atoms. The Hall–Kier alpha value is -0.0800. The van der Waals surface area contributed by atoms with E-state index >= 15 is 0 Å². The molecule has 0 aliphatic carbocycles. The van der Waals surface area contributed by atoms with Gasteiger partial charge in [0.1, 0.15) is 0 Å². The van der Waals surface area contributed by atoms with Crippen LogP contribution in [0, 0.1) is 11.3 Å². The molecule has 0 aromatic carbocycles. The first kappa shape index (κ1) is 17.0. The summed E-state index contributed by atoms with van der Waals surface area (Å²) in [5.74, 6) is 0.865. The molecule has 1 heterocycles. The second-order valence-corrected chi connectivity index (χ2v) is 6.71. The van der Waals surface area contributed by atoms with Crippen LogP contribution in [0.3, 0.4) is 0 Å². The lowest BCUT2D eigenvalue weighted by Gasteiger charge is -2.44. The van der Waals surface area contributed by atoms with Gasteiger partial charge >= 0.3 is 0 Å². The first-order valence-corrected chi connectivity index (χ1v) is 8.53. The van der Waals surface area contributed by atoms with Crippen LogP contribution in [0.1, 0.15) is 66.7 Å². The van der Waals surface area contributed by atoms with E-state index < -0.39 is 0 Å². The number of hydrogen-bond donors (Lipinski definition) is 1. The maximum absolute atomic E-state index is 3.67. The predicted molar refractivity (Wildman–Crippen MR) is 85.6 cm³/mol. The van der Waals surface area contributed by atoms with E-state index in [-0.39, 0.29) is 0 Å². The minimum absolute atomic E-state index is 0.473. The smallest absolute Gasteiger partial charge is 0.00928 e. The van der Waals surface area contributed by atoms with Crippen molar-refractivity contribution in [2.75, 3.05) is 26.2 Å². The number of piperidine rings is 1. The summed E-state index contributed by atoms with van der Waals surface area (Å²) < 4.78 is 0. The van der Waals surface area contributed by atoms with Crippen molar-refractivity contribution in [1.29, 1.82) is 0 Å². The second-order valence-electron chi connectivity index (χ2n) is 6.71. The molecule has 0 aromatic heterocycles. The number of likely N-dealkylation sites (tertiary alicyclic amines) is 1. The molecule has 0 radical (unpaired) electrons. The molecule has 0 amide bonds. The van der Waals surface area contributed by atoms with Crippen LogP contribution in [-0.4, -0.2) is 37.1 Å². The van der Waals surface area contributed by atoms with E-state index in [4.69, 9.17) is 0 Å². The third kappa shape index (κ3) is 4.75. The third-order valence-electron chi connectivity index (χ3n) is 5.47. The monoisotopic (exact) mass is 268 g/mol. The van der Waals surface area contributed by atoms with Gasteiger partial charge in [-0.2, -0.15) is 0 Å². The molecule has 2 heteroatoms. The zero-order valence-electron chi connectivity index (χ0n) is 14.0. The molecular weight excluding hydrogens is 232 g/mol. The highest BCUT2D eigenvalue weighted by molar-refractivity contribution is 4.87. The SMILES string of the molecule is CCCNCC(CC)(CC)CN1CCCC(C)C1C. The van der Waals surface area contributed by atoms with Gasteiger partial charge in [-0.3, -0.25) is 4.90 Å². The molecule has 0 aromatic rings. The Balaban J connectivity index is 2.60. The van der Waals surface area contributed by atoms with E-state index in [0.717, 1.165) is 18.5 Å². The van der Waals surface area contributed by atoms with Crippen LogP contribution in [0.2, 0.25) is 0 Å². The quantitative estimate of drug-likeness (QED) is 0.671. The van der Waals surface area contributed by atoms with Crippen molar-refractivity contribution in [2.24, 2.45) is 11.3 Å². The van der Waals surface area contributed by atoms with Crippen molar-refractivity contribution in [2.45, 2.75) is 72.8 Å². The Morgan fingerprint density at radius 3 is 2.42 bits per heavy atom. The summed E-state index contributed by atoms with van der Waals surface area (Å²) >= 11 is 0. The highest BCUT2D eigenvalue weighted by Gasteiger charge is 2.33. The topological polar surface area (TPSA) is 15.3 Å². The van der Waals surface area contributed by atoms with Crippen LogP contribution in [0.4, 0.5) is 0 Å². The van der Waals surface area contributed by atoms with Gasteiger partial charge in [0.15, 0.2) is 0 Å². The van der Waals surface area contributed by atoms with Gasteiger partial charge in [0.05, 0.1) is 0 Å². The van der Waals surface area contributed by atoms with E-state index in [1.54, 1.807) is 0 Å². The van der Waals surface area contributed by atoms with Crippen molar-refractivity contribution in [3.63, 3.8) is 0 Å². The number of rotatable bonds is 8. The van der Waals surface area contributed by atoms with Crippen molar-refractivity contribution < 1.29 is 0 Å². The minimum atomic E-state index is 0.473. The lowest BCUT2D eigenvalue weighted by atomic mass is 9.80. The van der Waals surface area contributed by atoms with Crippen molar-refractivity contribution >= 4 is 0 Å². The van der Waals surface area contributed by atoms with Gasteiger partial charge < -0.3 is 5.32 Å². The van der Waals surface area contributed by atoms with E-state index in [0.29, 0.717) is 5.41 Å². The normalized spacial score (nSPS) is 25.7. The Morgan fingerprint density at radius 2 is 1.84 bits per heavy atom. The molecule has 1 N–H and O–H groups in total. The fraction of sp³-hybridized carbons (Fsp3) is 1.00. The van der Waals surface area contributed by atoms with E-state index in [1.807, 2.05) is 0 Å². The fourth-order valence-corrected chi connectivity index (χ4v) is 3.38. The van der Waals surface area contributed by atoms with Crippen molar-refractivity contribution in [1.82, 2.24) is 10.2 Å². The Morgan fingerprint density at radius 1 is 1.16 bits per heavy atom. The summed E-state index contributed by atoms with van der Waals surface area (Å²) in [5.41, 5.74) is 0.473. The average molecular weight is 268 g/mol. The fourth-order valence-electron chi connectivity index (χ4n) is 3.38. The molecule has 1 rings (SSSR count). The first-order chi connectivity index (χ1) is 9.08. The molecule has 1 aliphatic rings. The standard InChI is InChI=1S/C17H36N2/c1-6-11-18-13-17(7-2,8-3)14-19-12-9-10-15(4)16(19)5/h15-16,18H,6-14H2,1-5H3. The largest absolute Gasteiger partial charge is 0.316 e. The third-order valence-corrected chi connectivity index (χ3v) is 5.47. The van der Waals surface area contributed by atoms with Gasteiger partial charge in [-0.1, -0.05) is 27.7 Å². The van der Waals surface area contributed by atoms with Crippen LogP contribution in [-0.2, 0) is 0 Å². The molecule has 19 heavy (non-hydrogen) atoms. The summed E-state index contributed by atoms with van der Waals surface area (Å²) in [5, 5.41) is 3.67. The minimum Gasteiger partial charge on any atom is -0.316 e. The number of hydrogen-bond acceptors (Lipinski definition) is 2. The predicted octanol–water partition coefficient (Wildman–Crippen LogP) is 3.91. The maximum Gasteiger partial charge on any atom is 0.00928 e. The van der Waals surface area contributed by atoms with Crippen LogP contribution in [0.25, 0.3) is 0 Å². The highest BCUT2D eigenvalue weighted by atomic mass is 15.2. The molecule has 0 saturated carbocycles. The summed E-state index contributed by atoms with van der Waals surface area (Å²) in [6.45, 7) is 16.8. The highest BCUT2D eigenvalue weighted by Crippen LogP contribution is 2.31. The van der Waals surface area contributed by atoms with Gasteiger partial charge in [0.25, 0.3) is 0 Å². The lowest BCUT2D eigenvalue weighted by molar-refractivity contribution is 0.0542. The Kier molecular flexibility index (Phi) is 7.38. The molecule has 2 unspecified atom stereocenters. The summed E-state index contributed by atoms with van der Waals surface area (Å²) in [6.07, 6.45) is 6.62. The number of nitrogens with zero attached hydrogens (tertiary/aromatic N) is 1. The molecule has 1 fully saturated rings. The molecule has 0 spiro atoms. The average Bonchev–Trinajstić information content (AvgIpc) is 2.43. The zero-order valence-corrected chi connectivity index (χ0v) is 14.0. The molecule has 1 aliphatic heterocycles. The second kappa shape index (κ2) is 8.26. The molecule has 2 nitrogen and oxygen atoms in total. The molecule has 1 saturated heterocycles. The van der Waals surface area contributed by atoms with Crippen molar-refractivity contribution in [3.05, 3.63) is 0 Å². The van der Waals surface area contributed by atoms with E-state index in [2.05, 4.69) is 44.8 Å². The molecular formula is C17H36N2. The molecule has 114 valence electrons. The van der Waals surface area contributed by atoms with Gasteiger partial charge in [-0.15, -0.1) is 0 Å². The van der Waals surface area contributed by atoms with Crippen LogP contribution < -0.4 is 5.32 Å². The van der Waals surface area contributed by atoms with Crippen molar-refractivity contribution in [3.8, 4) is 0 Å². The van der Waals surface area contributed by atoms with Gasteiger partial charge in [-0.05, 0) is 63.5 Å². The molecule has 2 atom stereocenters. The zero-order chi connectivity index (χ0) is 14.3. The summed E-state index contributed by atoms with van der Waals surface area (Å²) in [7, 11) is 0. The van der Waals surface area contributed by atoms with Gasteiger partial charge in [0.2, 0.25) is 0 Å². The number of nitrogens with one attached hydrogen (secondary N) is 1. The maximum atomic E-state index is 3.67. The summed E-state index contributed by atoms with van der Waals surface area (Å²) in [6, 6.07) is 0.761. The van der Waals surface area contributed by atoms with E-state index in [9.17, 15) is 0 Å². The van der Waals surface area contributed by atoms with Crippen LogP contribution in [0.5, 0.6) is 0 Å². The Bertz CT molecular complexity index is 235. The first-order valence-electron chi connectivity index (χ1n) is 8.53. The van der Waals surface area contributed by atoms with Crippen LogP contribution >= 0.6 is 0 Å². The Labute approximate surface area is 121 Å².